The van der Waals surface area contributed by atoms with Crippen LogP contribution in [0.5, 0.6) is 5.75 Å². The van der Waals surface area contributed by atoms with Gasteiger partial charge in [0.25, 0.3) is 0 Å². The van der Waals surface area contributed by atoms with Crippen LogP contribution in [0, 0.1) is 11.8 Å². The predicted octanol–water partition coefficient (Wildman–Crippen LogP) is 2.00. The highest BCUT2D eigenvalue weighted by Crippen LogP contribution is 2.45. The number of rotatable bonds is 9. The second-order valence-electron chi connectivity index (χ2n) is 7.49. The molecule has 0 bridgehead atoms. The highest BCUT2D eigenvalue weighted by Gasteiger charge is 2.51. The van der Waals surface area contributed by atoms with Crippen molar-refractivity contribution in [1.29, 1.82) is 0 Å². The number of hydrogen-bond acceptors (Lipinski definition) is 7. The van der Waals surface area contributed by atoms with E-state index in [2.05, 4.69) is 0 Å². The van der Waals surface area contributed by atoms with Crippen molar-refractivity contribution in [1.82, 2.24) is 0 Å². The summed E-state index contributed by atoms with van der Waals surface area (Å²) in [5.74, 6) is -1.03. The molecule has 1 N–H and O–H groups in total. The lowest BCUT2D eigenvalue weighted by molar-refractivity contribution is -0.155. The quantitative estimate of drug-likeness (QED) is 0.631. The Bertz CT molecular complexity index is 783. The molecule has 7 heteroatoms. The largest absolute Gasteiger partial charge is 0.497 e. The number of cyclic esters (lactones) is 1. The molecule has 5 atom stereocenters. The van der Waals surface area contributed by atoms with Crippen molar-refractivity contribution in [3.63, 3.8) is 0 Å². The average Bonchev–Trinajstić information content (AvgIpc) is 3.52. The van der Waals surface area contributed by atoms with Gasteiger partial charge in [-0.05, 0) is 43.4 Å². The first-order valence-electron chi connectivity index (χ1n) is 9.80. The Balaban J connectivity index is 1.42. The number of esters is 2. The van der Waals surface area contributed by atoms with Crippen LogP contribution in [0.3, 0.4) is 0 Å². The number of aliphatic hydroxyl groups excluding tert-OH is 1. The molecule has 1 fully saturated rings. The van der Waals surface area contributed by atoms with Gasteiger partial charge in [-0.25, -0.2) is 4.79 Å². The summed E-state index contributed by atoms with van der Waals surface area (Å²) in [6.07, 6.45) is 2.22. The molecule has 0 saturated heterocycles. The predicted molar refractivity (Wildman–Crippen MR) is 103 cm³/mol. The van der Waals surface area contributed by atoms with Crippen LogP contribution in [-0.4, -0.2) is 48.3 Å². The van der Waals surface area contributed by atoms with E-state index in [0.717, 1.165) is 11.3 Å². The first kappa shape index (κ1) is 21.0. The molecular weight excluding hydrogens is 376 g/mol. The summed E-state index contributed by atoms with van der Waals surface area (Å²) < 4.78 is 15.5. The van der Waals surface area contributed by atoms with E-state index in [-0.39, 0.29) is 24.0 Å². The van der Waals surface area contributed by atoms with Crippen LogP contribution >= 0.6 is 0 Å². The number of aliphatic hydroxyl groups is 1. The Morgan fingerprint density at radius 3 is 2.66 bits per heavy atom. The van der Waals surface area contributed by atoms with Gasteiger partial charge in [-0.3, -0.25) is 9.59 Å². The summed E-state index contributed by atoms with van der Waals surface area (Å²) in [5, 5.41) is 10.4. The van der Waals surface area contributed by atoms with Gasteiger partial charge in [0.15, 0.2) is 11.9 Å². The molecule has 1 aliphatic heterocycles. The fraction of sp³-hybridized carbons (Fsp3) is 0.500. The van der Waals surface area contributed by atoms with E-state index in [4.69, 9.17) is 14.2 Å². The van der Waals surface area contributed by atoms with Crippen LogP contribution in [0.15, 0.2) is 36.4 Å². The van der Waals surface area contributed by atoms with Crippen molar-refractivity contribution in [3.05, 3.63) is 42.0 Å². The van der Waals surface area contributed by atoms with Crippen molar-refractivity contribution in [3.8, 4) is 5.75 Å². The van der Waals surface area contributed by atoms with Gasteiger partial charge in [-0.15, -0.1) is 0 Å². The summed E-state index contributed by atoms with van der Waals surface area (Å²) >= 11 is 0. The SMILES string of the molecule is COc1ccc(CCC(=O)O[C@@H](C)C(=O)[C@H]2C[C@@H]2[C@H](O)[C@H]2CC=CC(=O)O2)cc1. The van der Waals surface area contributed by atoms with Crippen molar-refractivity contribution >= 4 is 17.7 Å². The lowest BCUT2D eigenvalue weighted by atomic mass is 10.0. The molecule has 1 aliphatic carbocycles. The van der Waals surface area contributed by atoms with Crippen LogP contribution < -0.4 is 4.74 Å². The standard InChI is InChI=1S/C22H26O7/c1-13(28-20(24)11-8-14-6-9-15(27-2)10-7-14)21(25)16-12-17(16)22(26)18-4-3-5-19(23)29-18/h3,5-7,9-10,13,16-18,22,26H,4,8,11-12H2,1-2H3/t13-,16-,17-,18+,22-/m0/s1. The fourth-order valence-corrected chi connectivity index (χ4v) is 3.59. The molecule has 1 saturated carbocycles. The lowest BCUT2D eigenvalue weighted by Crippen LogP contribution is -2.35. The lowest BCUT2D eigenvalue weighted by Gasteiger charge is -2.24. The van der Waals surface area contributed by atoms with E-state index < -0.39 is 30.3 Å². The van der Waals surface area contributed by atoms with E-state index in [1.807, 2.05) is 24.3 Å². The number of carbonyl (C=O) groups excluding carboxylic acids is 3. The monoisotopic (exact) mass is 402 g/mol. The minimum atomic E-state index is -0.893. The number of aryl methyl sites for hydroxylation is 1. The third-order valence-corrected chi connectivity index (χ3v) is 5.40. The van der Waals surface area contributed by atoms with E-state index in [1.54, 1.807) is 20.1 Å². The molecule has 3 rings (SSSR count). The molecule has 156 valence electrons. The number of methoxy groups -OCH3 is 1. The van der Waals surface area contributed by atoms with Crippen molar-refractivity contribution in [2.75, 3.05) is 7.11 Å². The second-order valence-corrected chi connectivity index (χ2v) is 7.49. The van der Waals surface area contributed by atoms with Crippen LogP contribution in [-0.2, 0) is 30.3 Å². The number of ketones is 1. The summed E-state index contributed by atoms with van der Waals surface area (Å²) in [4.78, 5) is 35.9. The van der Waals surface area contributed by atoms with Crippen LogP contribution in [0.25, 0.3) is 0 Å². The second kappa shape index (κ2) is 9.22. The zero-order valence-electron chi connectivity index (χ0n) is 16.6. The van der Waals surface area contributed by atoms with Gasteiger partial charge in [-0.2, -0.15) is 0 Å². The third-order valence-electron chi connectivity index (χ3n) is 5.40. The maximum Gasteiger partial charge on any atom is 0.330 e. The molecular formula is C22H26O7. The van der Waals surface area contributed by atoms with Crippen LogP contribution in [0.1, 0.15) is 31.7 Å². The van der Waals surface area contributed by atoms with Gasteiger partial charge in [0.2, 0.25) is 0 Å². The van der Waals surface area contributed by atoms with Gasteiger partial charge in [0, 0.05) is 24.8 Å². The molecule has 0 aromatic heterocycles. The van der Waals surface area contributed by atoms with Crippen LogP contribution in [0.2, 0.25) is 0 Å². The fourth-order valence-electron chi connectivity index (χ4n) is 3.59. The highest BCUT2D eigenvalue weighted by atomic mass is 16.6. The third kappa shape index (κ3) is 5.44. The maximum atomic E-state index is 12.5. The molecule has 0 unspecified atom stereocenters. The maximum absolute atomic E-state index is 12.5. The first-order valence-corrected chi connectivity index (χ1v) is 9.80. The number of benzene rings is 1. The Kier molecular flexibility index (Phi) is 6.69. The Morgan fingerprint density at radius 1 is 1.28 bits per heavy atom. The van der Waals surface area contributed by atoms with Crippen molar-refractivity contribution in [2.24, 2.45) is 11.8 Å². The summed E-state index contributed by atoms with van der Waals surface area (Å²) in [7, 11) is 1.59. The minimum absolute atomic E-state index is 0.172. The summed E-state index contributed by atoms with van der Waals surface area (Å²) in [6, 6.07) is 7.41. The Hall–Kier alpha value is -2.67. The molecule has 0 spiro atoms. The number of Topliss-reactive ketones (excluding diaryl/α,β-unsaturated/α-hetero) is 1. The molecule has 29 heavy (non-hydrogen) atoms. The molecule has 2 aliphatic rings. The summed E-state index contributed by atoms with van der Waals surface area (Å²) in [6.45, 7) is 1.55. The average molecular weight is 402 g/mol. The van der Waals surface area contributed by atoms with Crippen LogP contribution in [0.4, 0.5) is 0 Å². The zero-order chi connectivity index (χ0) is 21.0. The van der Waals surface area contributed by atoms with Gasteiger partial charge in [0.1, 0.15) is 11.9 Å². The molecule has 1 aromatic carbocycles. The van der Waals surface area contributed by atoms with Gasteiger partial charge in [0.05, 0.1) is 13.2 Å². The first-order chi connectivity index (χ1) is 13.9. The topological polar surface area (TPSA) is 99.1 Å². The Morgan fingerprint density at radius 2 is 2.00 bits per heavy atom. The Labute approximate surface area is 169 Å². The molecule has 0 radical (unpaired) electrons. The molecule has 7 nitrogen and oxygen atoms in total. The van der Waals surface area contributed by atoms with Gasteiger partial charge < -0.3 is 19.3 Å². The minimum Gasteiger partial charge on any atom is -0.497 e. The summed E-state index contributed by atoms with van der Waals surface area (Å²) in [5.41, 5.74) is 0.975. The number of carbonyl (C=O) groups is 3. The smallest absolute Gasteiger partial charge is 0.330 e. The normalized spacial score (nSPS) is 24.9. The molecule has 1 aromatic rings. The van der Waals surface area contributed by atoms with Crippen molar-refractivity contribution < 1.29 is 33.7 Å². The number of ether oxygens (including phenoxy) is 3. The van der Waals surface area contributed by atoms with Gasteiger partial charge >= 0.3 is 11.9 Å². The van der Waals surface area contributed by atoms with E-state index >= 15 is 0 Å². The van der Waals surface area contributed by atoms with Crippen molar-refractivity contribution in [2.45, 2.75) is 50.9 Å². The number of hydrogen-bond donors (Lipinski definition) is 1. The molecule has 0 amide bonds. The van der Waals surface area contributed by atoms with Gasteiger partial charge in [-0.1, -0.05) is 18.2 Å². The van der Waals surface area contributed by atoms with E-state index in [9.17, 15) is 19.5 Å². The zero-order valence-corrected chi connectivity index (χ0v) is 16.6. The molecule has 1 heterocycles. The highest BCUT2D eigenvalue weighted by molar-refractivity contribution is 5.89. The van der Waals surface area contributed by atoms with E-state index in [1.165, 1.54) is 6.08 Å². The van der Waals surface area contributed by atoms with E-state index in [0.29, 0.717) is 19.3 Å².